The second kappa shape index (κ2) is 8.37. The summed E-state index contributed by atoms with van der Waals surface area (Å²) in [7, 11) is -1.24. The molecule has 11 nitrogen and oxygen atoms in total. The van der Waals surface area contributed by atoms with Crippen molar-refractivity contribution in [2.45, 2.75) is 10.6 Å². The fraction of sp³-hybridized carbons (Fsp3) is 0.222. The van der Waals surface area contributed by atoms with Crippen molar-refractivity contribution in [3.63, 3.8) is 0 Å². The first-order valence-corrected chi connectivity index (χ1v) is 10.1. The van der Waals surface area contributed by atoms with Gasteiger partial charge in [-0.05, 0) is 12.1 Å². The molecule has 2 atom stereocenters. The molecular formula is C18H18N4O7S. The predicted octanol–water partition coefficient (Wildman–Crippen LogP) is 0.478. The van der Waals surface area contributed by atoms with E-state index in [0.29, 0.717) is 4.90 Å². The van der Waals surface area contributed by atoms with Crippen LogP contribution in [0.15, 0.2) is 51.0 Å². The van der Waals surface area contributed by atoms with E-state index in [1.165, 1.54) is 49.1 Å². The summed E-state index contributed by atoms with van der Waals surface area (Å²) in [5.41, 5.74) is -2.12. The van der Waals surface area contributed by atoms with Gasteiger partial charge in [-0.1, -0.05) is 12.1 Å². The van der Waals surface area contributed by atoms with Crippen LogP contribution in [0.2, 0.25) is 0 Å². The number of hydrogen-bond acceptors (Lipinski definition) is 7. The topological polar surface area (TPSA) is 153 Å². The van der Waals surface area contributed by atoms with E-state index < -0.39 is 28.5 Å². The number of urea groups is 1. The van der Waals surface area contributed by atoms with Gasteiger partial charge in [-0.2, -0.15) is 5.10 Å². The number of hydrazone groups is 1. The number of aliphatic carboxylic acids is 1. The molecule has 0 spiro atoms. The number of phenols is 1. The number of phenolic OH excluding ortho intramolecular Hbond substituents is 1. The Morgan fingerprint density at radius 1 is 1.33 bits per heavy atom. The zero-order chi connectivity index (χ0) is 21.9. The highest BCUT2D eigenvalue weighted by Gasteiger charge is 2.52. The van der Waals surface area contributed by atoms with Crippen molar-refractivity contribution in [1.82, 2.24) is 15.2 Å². The molecule has 30 heavy (non-hydrogen) atoms. The highest BCUT2D eigenvalue weighted by atomic mass is 32.2. The molecule has 158 valence electrons. The largest absolute Gasteiger partial charge is 0.508 e. The molecule has 2 aromatic rings. The molecule has 3 amide bonds. The third kappa shape index (κ3) is 3.76. The number of hydrogen-bond donors (Lipinski definition) is 3. The molecule has 3 N–H and O–H groups in total. The van der Waals surface area contributed by atoms with E-state index in [9.17, 15) is 28.8 Å². The van der Waals surface area contributed by atoms with Crippen LogP contribution < -0.4 is 5.32 Å². The molecule has 2 unspecified atom stereocenters. The molecule has 2 heterocycles. The van der Waals surface area contributed by atoms with Crippen molar-refractivity contribution in [2.24, 2.45) is 5.10 Å². The van der Waals surface area contributed by atoms with Crippen LogP contribution in [0, 0.1) is 0 Å². The van der Waals surface area contributed by atoms with Crippen molar-refractivity contribution in [2.75, 3.05) is 19.3 Å². The zero-order valence-corrected chi connectivity index (χ0v) is 16.5. The van der Waals surface area contributed by atoms with Crippen molar-refractivity contribution in [3.05, 3.63) is 47.9 Å². The second-order valence-corrected chi connectivity index (χ2v) is 7.65. The number of rotatable bonds is 8. The first-order valence-electron chi connectivity index (χ1n) is 8.59. The van der Waals surface area contributed by atoms with Gasteiger partial charge in [0.15, 0.2) is 0 Å². The van der Waals surface area contributed by atoms with Gasteiger partial charge in [-0.3, -0.25) is 13.9 Å². The summed E-state index contributed by atoms with van der Waals surface area (Å²) in [5, 5.41) is 26.7. The minimum absolute atomic E-state index is 0.0490. The Morgan fingerprint density at radius 3 is 2.60 bits per heavy atom. The Hall–Kier alpha value is -3.67. The monoisotopic (exact) mass is 434 g/mol. The highest BCUT2D eigenvalue weighted by Crippen LogP contribution is 2.31. The van der Waals surface area contributed by atoms with Gasteiger partial charge in [0.05, 0.1) is 28.5 Å². The summed E-state index contributed by atoms with van der Waals surface area (Å²) < 4.78 is 16.6. The molecule has 0 saturated carbocycles. The number of aromatic hydroxyl groups is 1. The fourth-order valence-electron chi connectivity index (χ4n) is 3.03. The Kier molecular flexibility index (Phi) is 5.87. The fourth-order valence-corrected chi connectivity index (χ4v) is 3.49. The van der Waals surface area contributed by atoms with E-state index >= 15 is 0 Å². The van der Waals surface area contributed by atoms with Crippen LogP contribution in [0.4, 0.5) is 4.79 Å². The van der Waals surface area contributed by atoms with E-state index in [2.05, 4.69) is 10.4 Å². The summed E-state index contributed by atoms with van der Waals surface area (Å²) in [4.78, 5) is 37.8. The average Bonchev–Trinajstić information content (AvgIpc) is 3.32. The molecular weight excluding hydrogens is 416 g/mol. The predicted molar refractivity (Wildman–Crippen MR) is 104 cm³/mol. The number of carboxylic acids is 1. The molecule has 1 saturated heterocycles. The van der Waals surface area contributed by atoms with Gasteiger partial charge in [-0.15, -0.1) is 0 Å². The van der Waals surface area contributed by atoms with Gasteiger partial charge in [0.2, 0.25) is 12.1 Å². The number of nitrogens with zero attached hydrogens (tertiary/aromatic N) is 3. The maximum absolute atomic E-state index is 12.9. The maximum Gasteiger partial charge on any atom is 0.355 e. The maximum atomic E-state index is 12.9. The average molecular weight is 434 g/mol. The van der Waals surface area contributed by atoms with Gasteiger partial charge in [0, 0.05) is 24.4 Å². The first-order chi connectivity index (χ1) is 14.3. The normalized spacial score (nSPS) is 17.2. The van der Waals surface area contributed by atoms with E-state index in [-0.39, 0.29) is 36.6 Å². The third-order valence-corrected chi connectivity index (χ3v) is 5.38. The third-order valence-electron chi connectivity index (χ3n) is 4.51. The van der Waals surface area contributed by atoms with Crippen LogP contribution in [0.5, 0.6) is 5.75 Å². The smallest absolute Gasteiger partial charge is 0.355 e. The van der Waals surface area contributed by atoms with E-state index in [4.69, 9.17) is 4.42 Å². The van der Waals surface area contributed by atoms with Crippen LogP contribution in [-0.2, 0) is 26.1 Å². The van der Waals surface area contributed by atoms with E-state index in [1.54, 1.807) is 0 Å². The van der Waals surface area contributed by atoms with Gasteiger partial charge in [0.25, 0.3) is 0 Å². The van der Waals surface area contributed by atoms with Crippen molar-refractivity contribution < 1.29 is 33.2 Å². The van der Waals surface area contributed by atoms with Gasteiger partial charge >= 0.3 is 12.0 Å². The number of amides is 3. The number of nitrogens with one attached hydrogen (secondary N) is 1. The summed E-state index contributed by atoms with van der Waals surface area (Å²) in [6.45, 7) is 0.00281. The standard InChI is InChI=1S/C18H18N4O7S/c1-30(28)15-8-14(29-10-15)9-20-22-7-6-21(17(22)27)18(16(25)26,19-11-23)12-2-4-13(24)5-3-12/h2-5,8-11,24H,6-7H2,1H3,(H,19,23)(H,25,26). The van der Waals surface area contributed by atoms with Gasteiger partial charge in [-0.25, -0.2) is 14.6 Å². The Morgan fingerprint density at radius 2 is 2.03 bits per heavy atom. The molecule has 0 radical (unpaired) electrons. The first kappa shape index (κ1) is 21.0. The summed E-state index contributed by atoms with van der Waals surface area (Å²) in [6, 6.07) is 5.85. The van der Waals surface area contributed by atoms with Gasteiger partial charge < -0.3 is 19.9 Å². The quantitative estimate of drug-likeness (QED) is 0.403. The number of benzene rings is 1. The minimum atomic E-state index is -2.19. The van der Waals surface area contributed by atoms with Gasteiger partial charge in [0.1, 0.15) is 17.8 Å². The number of furan rings is 1. The lowest BCUT2D eigenvalue weighted by Crippen LogP contribution is -2.62. The Balaban J connectivity index is 1.90. The van der Waals surface area contributed by atoms with Crippen molar-refractivity contribution in [1.29, 1.82) is 0 Å². The van der Waals surface area contributed by atoms with E-state index in [0.717, 1.165) is 9.91 Å². The summed E-state index contributed by atoms with van der Waals surface area (Å²) >= 11 is 0. The lowest BCUT2D eigenvalue weighted by Gasteiger charge is -2.37. The Bertz CT molecular complexity index is 1020. The summed E-state index contributed by atoms with van der Waals surface area (Å²) in [6.07, 6.45) is 4.23. The lowest BCUT2D eigenvalue weighted by atomic mass is 9.97. The molecule has 0 aliphatic carbocycles. The molecule has 1 aromatic heterocycles. The molecule has 1 aliphatic heterocycles. The van der Waals surface area contributed by atoms with Crippen LogP contribution in [0.1, 0.15) is 11.3 Å². The van der Waals surface area contributed by atoms with Crippen molar-refractivity contribution >= 4 is 35.4 Å². The van der Waals surface area contributed by atoms with Crippen molar-refractivity contribution in [3.8, 4) is 5.75 Å². The van der Waals surface area contributed by atoms with E-state index in [1.807, 2.05) is 0 Å². The second-order valence-electron chi connectivity index (χ2n) is 6.27. The van der Waals surface area contributed by atoms with Crippen LogP contribution in [0.25, 0.3) is 0 Å². The minimum Gasteiger partial charge on any atom is -0.508 e. The lowest BCUT2D eigenvalue weighted by molar-refractivity contribution is -0.154. The molecule has 12 heteroatoms. The zero-order valence-electron chi connectivity index (χ0n) is 15.7. The molecule has 0 bridgehead atoms. The van der Waals surface area contributed by atoms with Crippen LogP contribution in [0.3, 0.4) is 0 Å². The number of carbonyl (C=O) groups excluding carboxylic acids is 2. The van der Waals surface area contributed by atoms with Crippen LogP contribution in [-0.4, -0.2) is 68.3 Å². The number of carbonyl (C=O) groups is 3. The Labute approximate surface area is 173 Å². The highest BCUT2D eigenvalue weighted by molar-refractivity contribution is 7.84. The molecule has 1 aromatic carbocycles. The molecule has 1 aliphatic rings. The number of carboxylic acid groups (broad SMARTS) is 1. The molecule has 1 fully saturated rings. The van der Waals surface area contributed by atoms with Crippen LogP contribution >= 0.6 is 0 Å². The molecule has 3 rings (SSSR count). The summed E-state index contributed by atoms with van der Waals surface area (Å²) in [5.74, 6) is -1.32. The SMILES string of the molecule is CS(=O)c1coc(C=NN2CCN(C(NC=O)(C(=O)O)c3ccc(O)cc3)C2=O)c1.